The number of piperidine rings is 1. The number of amides is 2. The fourth-order valence-corrected chi connectivity index (χ4v) is 2.89. The third kappa shape index (κ3) is 5.42. The second kappa shape index (κ2) is 8.83. The largest absolute Gasteiger partial charge is 0.479 e. The maximum atomic E-state index is 14.1. The van der Waals surface area contributed by atoms with Crippen LogP contribution in [0.3, 0.4) is 0 Å². The molecule has 27 heavy (non-hydrogen) atoms. The van der Waals surface area contributed by atoms with Gasteiger partial charge < -0.3 is 20.1 Å². The highest BCUT2D eigenvalue weighted by atomic mass is 19.1. The second-order valence-corrected chi connectivity index (χ2v) is 6.99. The minimum Gasteiger partial charge on any atom is -0.479 e. The summed E-state index contributed by atoms with van der Waals surface area (Å²) < 4.78 is 19.1. The lowest BCUT2D eigenvalue weighted by Gasteiger charge is -2.32. The van der Waals surface area contributed by atoms with Gasteiger partial charge in [-0.15, -0.1) is 0 Å². The predicted octanol–water partition coefficient (Wildman–Crippen LogP) is 2.51. The number of ether oxygens (including phenoxy) is 1. The molecular formula is C19H25FN2O5. The molecule has 0 aliphatic carbocycles. The van der Waals surface area contributed by atoms with Crippen LogP contribution in [0.25, 0.3) is 0 Å². The van der Waals surface area contributed by atoms with Crippen LogP contribution in [0.15, 0.2) is 18.2 Å². The number of rotatable bonds is 6. The number of nitrogens with one attached hydrogen (secondary N) is 1. The van der Waals surface area contributed by atoms with E-state index >= 15 is 0 Å². The van der Waals surface area contributed by atoms with Crippen molar-refractivity contribution >= 4 is 23.5 Å². The smallest absolute Gasteiger partial charge is 0.344 e. The Balaban J connectivity index is 1.92. The molecule has 2 N–H and O–H groups in total. The van der Waals surface area contributed by atoms with Crippen molar-refractivity contribution in [2.45, 2.75) is 39.7 Å². The van der Waals surface area contributed by atoms with E-state index in [-0.39, 0.29) is 35.1 Å². The van der Waals surface area contributed by atoms with Gasteiger partial charge in [0.25, 0.3) is 0 Å². The fourth-order valence-electron chi connectivity index (χ4n) is 2.89. The minimum atomic E-state index is -1.20. The Morgan fingerprint density at radius 1 is 1.22 bits per heavy atom. The number of carboxylic acid groups (broad SMARTS) is 1. The summed E-state index contributed by atoms with van der Waals surface area (Å²) in [6.07, 6.45) is -0.0625. The van der Waals surface area contributed by atoms with Gasteiger partial charge in [-0.3, -0.25) is 9.59 Å². The van der Waals surface area contributed by atoms with Gasteiger partial charge in [0.2, 0.25) is 11.8 Å². The van der Waals surface area contributed by atoms with E-state index in [1.165, 1.54) is 19.1 Å². The average Bonchev–Trinajstić information content (AvgIpc) is 2.63. The first-order chi connectivity index (χ1) is 12.7. The molecule has 1 atom stereocenters. The molecule has 7 nitrogen and oxygen atoms in total. The molecule has 0 saturated carbocycles. The number of hydrogen-bond acceptors (Lipinski definition) is 4. The van der Waals surface area contributed by atoms with Crippen LogP contribution in [-0.4, -0.2) is 47.0 Å². The van der Waals surface area contributed by atoms with Gasteiger partial charge in [-0.2, -0.15) is 0 Å². The van der Waals surface area contributed by atoms with E-state index in [4.69, 9.17) is 9.84 Å². The maximum absolute atomic E-state index is 14.1. The maximum Gasteiger partial charge on any atom is 0.344 e. The highest BCUT2D eigenvalue weighted by Crippen LogP contribution is 2.24. The highest BCUT2D eigenvalue weighted by Gasteiger charge is 2.28. The molecule has 2 amide bonds. The molecular weight excluding hydrogens is 355 g/mol. The number of carbonyl (C=O) groups is 3. The lowest BCUT2D eigenvalue weighted by Crippen LogP contribution is -2.43. The zero-order valence-electron chi connectivity index (χ0n) is 15.7. The number of hydrogen-bond donors (Lipinski definition) is 2. The second-order valence-electron chi connectivity index (χ2n) is 6.99. The van der Waals surface area contributed by atoms with Gasteiger partial charge in [0.15, 0.2) is 17.7 Å². The number of nitrogens with zero attached hydrogens (tertiary/aromatic N) is 1. The molecule has 1 saturated heterocycles. The molecule has 0 bridgehead atoms. The van der Waals surface area contributed by atoms with Crippen LogP contribution in [0.4, 0.5) is 10.1 Å². The minimum absolute atomic E-state index is 0.0667. The fraction of sp³-hybridized carbons (Fsp3) is 0.526. The molecule has 1 heterocycles. The van der Waals surface area contributed by atoms with Crippen LogP contribution < -0.4 is 10.1 Å². The number of carbonyl (C=O) groups excluding carboxylic acids is 2. The van der Waals surface area contributed by atoms with E-state index in [1.807, 2.05) is 13.8 Å². The first-order valence-corrected chi connectivity index (χ1v) is 8.97. The first kappa shape index (κ1) is 20.7. The third-order valence-corrected chi connectivity index (χ3v) is 4.52. The van der Waals surface area contributed by atoms with Crippen molar-refractivity contribution in [2.75, 3.05) is 18.4 Å². The summed E-state index contributed by atoms with van der Waals surface area (Å²) in [5.41, 5.74) is 0.272. The van der Waals surface area contributed by atoms with Gasteiger partial charge in [0.05, 0.1) is 0 Å². The highest BCUT2D eigenvalue weighted by molar-refractivity contribution is 5.92. The lowest BCUT2D eigenvalue weighted by molar-refractivity contribution is -0.144. The predicted molar refractivity (Wildman–Crippen MR) is 96.9 cm³/mol. The molecule has 1 unspecified atom stereocenters. The van der Waals surface area contributed by atoms with Crippen molar-refractivity contribution in [1.82, 2.24) is 4.90 Å². The van der Waals surface area contributed by atoms with Crippen molar-refractivity contribution in [2.24, 2.45) is 11.8 Å². The van der Waals surface area contributed by atoms with Gasteiger partial charge in [0.1, 0.15) is 0 Å². The summed E-state index contributed by atoms with van der Waals surface area (Å²) in [7, 11) is 0. The van der Waals surface area contributed by atoms with Gasteiger partial charge in [-0.05, 0) is 31.9 Å². The molecule has 1 fully saturated rings. The van der Waals surface area contributed by atoms with Crippen molar-refractivity contribution in [3.63, 3.8) is 0 Å². The Morgan fingerprint density at radius 2 is 1.85 bits per heavy atom. The molecule has 1 aromatic carbocycles. The van der Waals surface area contributed by atoms with Crippen LogP contribution in [0.2, 0.25) is 0 Å². The summed E-state index contributed by atoms with van der Waals surface area (Å²) in [4.78, 5) is 36.9. The number of benzene rings is 1. The molecule has 0 spiro atoms. The van der Waals surface area contributed by atoms with Crippen LogP contribution in [0, 0.1) is 17.7 Å². The third-order valence-electron chi connectivity index (χ3n) is 4.52. The van der Waals surface area contributed by atoms with Gasteiger partial charge in [-0.1, -0.05) is 13.8 Å². The van der Waals surface area contributed by atoms with E-state index in [1.54, 1.807) is 4.90 Å². The Morgan fingerprint density at radius 3 is 2.37 bits per heavy atom. The number of aliphatic carboxylic acids is 1. The number of likely N-dealkylation sites (tertiary alicyclic amines) is 1. The summed E-state index contributed by atoms with van der Waals surface area (Å²) in [6.45, 7) is 6.06. The number of anilines is 1. The van der Waals surface area contributed by atoms with E-state index < -0.39 is 17.9 Å². The van der Waals surface area contributed by atoms with Crippen molar-refractivity contribution in [3.8, 4) is 5.75 Å². The van der Waals surface area contributed by atoms with E-state index in [2.05, 4.69) is 5.32 Å². The average molecular weight is 380 g/mol. The number of carboxylic acids is 1. The molecule has 0 aromatic heterocycles. The summed E-state index contributed by atoms with van der Waals surface area (Å²) in [5, 5.41) is 11.5. The zero-order chi connectivity index (χ0) is 20.1. The Hall–Kier alpha value is -2.64. The van der Waals surface area contributed by atoms with Gasteiger partial charge >= 0.3 is 5.97 Å². The molecule has 2 rings (SSSR count). The summed E-state index contributed by atoms with van der Waals surface area (Å²) in [6, 6.07) is 3.84. The first-order valence-electron chi connectivity index (χ1n) is 8.97. The van der Waals surface area contributed by atoms with Crippen molar-refractivity contribution < 1.29 is 28.6 Å². The normalized spacial score (nSPS) is 16.1. The Labute approximate surface area is 157 Å². The number of halogens is 1. The van der Waals surface area contributed by atoms with Crippen LogP contribution >= 0.6 is 0 Å². The molecule has 1 aliphatic rings. The van der Waals surface area contributed by atoms with E-state index in [0.717, 1.165) is 6.07 Å². The standard InChI is InChI=1S/C19H25FN2O5/c1-11(2)18(24)22-8-6-13(7-9-22)17(23)21-14-4-5-16(15(20)10-14)27-12(3)19(25)26/h4-5,10-13H,6-9H2,1-3H3,(H,21,23)(H,25,26). The summed E-state index contributed by atoms with van der Waals surface area (Å²) >= 11 is 0. The topological polar surface area (TPSA) is 95.9 Å². The van der Waals surface area contributed by atoms with Gasteiger partial charge in [0, 0.05) is 36.7 Å². The molecule has 1 aliphatic heterocycles. The molecule has 8 heteroatoms. The Bertz CT molecular complexity index is 714. The van der Waals surface area contributed by atoms with Crippen LogP contribution in [0.1, 0.15) is 33.6 Å². The van der Waals surface area contributed by atoms with Crippen LogP contribution in [0.5, 0.6) is 5.75 Å². The molecule has 0 radical (unpaired) electrons. The lowest BCUT2D eigenvalue weighted by atomic mass is 9.95. The zero-order valence-corrected chi connectivity index (χ0v) is 15.7. The van der Waals surface area contributed by atoms with Crippen LogP contribution in [-0.2, 0) is 14.4 Å². The SMILES string of the molecule is CC(C)C(=O)N1CCC(C(=O)Nc2ccc(OC(C)C(=O)O)c(F)c2)CC1. The van der Waals surface area contributed by atoms with Crippen molar-refractivity contribution in [1.29, 1.82) is 0 Å². The molecule has 148 valence electrons. The van der Waals surface area contributed by atoms with Gasteiger partial charge in [-0.25, -0.2) is 9.18 Å². The van der Waals surface area contributed by atoms with Crippen molar-refractivity contribution in [3.05, 3.63) is 24.0 Å². The summed E-state index contributed by atoms with van der Waals surface area (Å²) in [5.74, 6) is -2.59. The van der Waals surface area contributed by atoms with E-state index in [0.29, 0.717) is 25.9 Å². The molecule has 1 aromatic rings. The monoisotopic (exact) mass is 380 g/mol. The Kier molecular flexibility index (Phi) is 6.76. The quantitative estimate of drug-likeness (QED) is 0.791. The van der Waals surface area contributed by atoms with E-state index in [9.17, 15) is 18.8 Å².